The second-order valence-electron chi connectivity index (χ2n) is 5.80. The van der Waals surface area contributed by atoms with Crippen molar-refractivity contribution in [3.63, 3.8) is 0 Å². The highest BCUT2D eigenvalue weighted by Gasteiger charge is 2.35. The van der Waals surface area contributed by atoms with Crippen LogP contribution in [0.2, 0.25) is 0 Å². The van der Waals surface area contributed by atoms with Gasteiger partial charge in [-0.25, -0.2) is 0 Å². The zero-order valence-electron chi connectivity index (χ0n) is 13.2. The zero-order valence-corrected chi connectivity index (χ0v) is 13.2. The third kappa shape index (κ3) is 3.32. The molecule has 0 aromatic carbocycles. The predicted octanol–water partition coefficient (Wildman–Crippen LogP) is 3.42. The Morgan fingerprint density at radius 2 is 2.17 bits per heavy atom. The molecule has 0 unspecified atom stereocenters. The molecular weight excluding hydrogens is 323 g/mol. The van der Waals surface area contributed by atoms with Crippen molar-refractivity contribution in [3.8, 4) is 0 Å². The van der Waals surface area contributed by atoms with Crippen molar-refractivity contribution in [3.05, 3.63) is 41.6 Å². The number of rotatable bonds is 4. The SMILES string of the molecule is CCc1ccc([C@H]2CCCN2C(=O)Cn2ccc(C(F)(F)F)n2)o1. The molecule has 5 nitrogen and oxygen atoms in total. The number of alkyl halides is 3. The van der Waals surface area contributed by atoms with E-state index in [0.29, 0.717) is 6.54 Å². The Kier molecular flexibility index (Phi) is 4.38. The van der Waals surface area contributed by atoms with Crippen LogP contribution < -0.4 is 0 Å². The Morgan fingerprint density at radius 1 is 1.38 bits per heavy atom. The van der Waals surface area contributed by atoms with E-state index in [1.807, 2.05) is 19.1 Å². The first-order valence-electron chi connectivity index (χ1n) is 7.87. The molecule has 1 saturated heterocycles. The molecule has 2 aromatic heterocycles. The summed E-state index contributed by atoms with van der Waals surface area (Å²) in [5, 5.41) is 3.43. The molecule has 2 aromatic rings. The molecule has 1 fully saturated rings. The minimum absolute atomic E-state index is 0.157. The molecular formula is C16H18F3N3O2. The maximum absolute atomic E-state index is 12.6. The highest BCUT2D eigenvalue weighted by atomic mass is 19.4. The summed E-state index contributed by atoms with van der Waals surface area (Å²) < 4.78 is 44.5. The van der Waals surface area contributed by atoms with Crippen molar-refractivity contribution in [1.29, 1.82) is 0 Å². The summed E-state index contributed by atoms with van der Waals surface area (Å²) in [6, 6.07) is 4.47. The smallest absolute Gasteiger partial charge is 0.435 e. The summed E-state index contributed by atoms with van der Waals surface area (Å²) in [5.41, 5.74) is -0.994. The molecule has 1 aliphatic heterocycles. The molecule has 1 atom stereocenters. The summed E-state index contributed by atoms with van der Waals surface area (Å²) in [7, 11) is 0. The van der Waals surface area contributed by atoms with Gasteiger partial charge < -0.3 is 9.32 Å². The molecule has 24 heavy (non-hydrogen) atoms. The van der Waals surface area contributed by atoms with E-state index in [1.165, 1.54) is 6.20 Å². The molecule has 0 aliphatic carbocycles. The van der Waals surface area contributed by atoms with E-state index >= 15 is 0 Å². The Balaban J connectivity index is 1.70. The standard InChI is InChI=1S/C16H18F3N3O2/c1-2-11-5-6-13(24-11)12-4-3-8-22(12)15(23)10-21-9-7-14(20-21)16(17,18)19/h5-7,9,12H,2-4,8,10H2,1H3/t12-/m1/s1. The van der Waals surface area contributed by atoms with E-state index in [4.69, 9.17) is 4.42 Å². The molecule has 1 aliphatic rings. The minimum Gasteiger partial charge on any atom is -0.464 e. The van der Waals surface area contributed by atoms with Crippen LogP contribution in [0.25, 0.3) is 0 Å². The first-order chi connectivity index (χ1) is 11.4. The van der Waals surface area contributed by atoms with Crippen LogP contribution in [0.15, 0.2) is 28.8 Å². The fraction of sp³-hybridized carbons (Fsp3) is 0.500. The number of aryl methyl sites for hydroxylation is 1. The summed E-state index contributed by atoms with van der Waals surface area (Å²) >= 11 is 0. The third-order valence-electron chi connectivity index (χ3n) is 4.16. The Bertz CT molecular complexity index is 720. The Labute approximate surface area is 137 Å². The Morgan fingerprint density at radius 3 is 2.79 bits per heavy atom. The molecule has 8 heteroatoms. The fourth-order valence-electron chi connectivity index (χ4n) is 2.95. The molecule has 3 rings (SSSR count). The lowest BCUT2D eigenvalue weighted by Crippen LogP contribution is -2.33. The van der Waals surface area contributed by atoms with Gasteiger partial charge in [0.25, 0.3) is 0 Å². The van der Waals surface area contributed by atoms with Crippen molar-refractivity contribution in [1.82, 2.24) is 14.7 Å². The number of furan rings is 1. The summed E-state index contributed by atoms with van der Waals surface area (Å²) in [6.07, 6.45) is -0.932. The first-order valence-corrected chi connectivity index (χ1v) is 7.87. The van der Waals surface area contributed by atoms with E-state index in [9.17, 15) is 18.0 Å². The van der Waals surface area contributed by atoms with Crippen LogP contribution in [0.4, 0.5) is 13.2 Å². The second kappa shape index (κ2) is 6.33. The van der Waals surface area contributed by atoms with Crippen LogP contribution in [0, 0.1) is 0 Å². The average molecular weight is 341 g/mol. The van der Waals surface area contributed by atoms with Crippen LogP contribution in [0.5, 0.6) is 0 Å². The van der Waals surface area contributed by atoms with Crippen LogP contribution in [0.3, 0.4) is 0 Å². The summed E-state index contributed by atoms with van der Waals surface area (Å²) in [5.74, 6) is 1.32. The van der Waals surface area contributed by atoms with Crippen molar-refractivity contribution >= 4 is 5.91 Å². The van der Waals surface area contributed by atoms with Crippen LogP contribution in [-0.2, 0) is 23.9 Å². The molecule has 1 amide bonds. The zero-order chi connectivity index (χ0) is 17.3. The molecule has 0 saturated carbocycles. The van der Waals surface area contributed by atoms with Gasteiger partial charge >= 0.3 is 6.18 Å². The van der Waals surface area contributed by atoms with Gasteiger partial charge in [0.05, 0.1) is 6.04 Å². The van der Waals surface area contributed by atoms with E-state index in [2.05, 4.69) is 5.10 Å². The molecule has 0 spiro atoms. The number of halogens is 3. The van der Waals surface area contributed by atoms with Gasteiger partial charge in [-0.15, -0.1) is 0 Å². The van der Waals surface area contributed by atoms with E-state index in [1.54, 1.807) is 4.90 Å². The third-order valence-corrected chi connectivity index (χ3v) is 4.16. The van der Waals surface area contributed by atoms with Crippen molar-refractivity contribution in [2.24, 2.45) is 0 Å². The quantitative estimate of drug-likeness (QED) is 0.856. The maximum Gasteiger partial charge on any atom is 0.435 e. The minimum atomic E-state index is -4.50. The largest absolute Gasteiger partial charge is 0.464 e. The number of amides is 1. The number of nitrogens with zero attached hydrogens (tertiary/aromatic N) is 3. The fourth-order valence-corrected chi connectivity index (χ4v) is 2.95. The van der Waals surface area contributed by atoms with Crippen molar-refractivity contribution in [2.45, 2.75) is 44.9 Å². The van der Waals surface area contributed by atoms with E-state index in [0.717, 1.165) is 41.5 Å². The van der Waals surface area contributed by atoms with Crippen LogP contribution in [0.1, 0.15) is 43.0 Å². The second-order valence-corrected chi connectivity index (χ2v) is 5.80. The normalized spacial score (nSPS) is 18.3. The van der Waals surface area contributed by atoms with E-state index in [-0.39, 0.29) is 18.5 Å². The molecule has 0 radical (unpaired) electrons. The number of likely N-dealkylation sites (tertiary alicyclic amines) is 1. The van der Waals surface area contributed by atoms with Crippen LogP contribution in [-0.4, -0.2) is 27.1 Å². The highest BCUT2D eigenvalue weighted by Crippen LogP contribution is 2.33. The monoisotopic (exact) mass is 341 g/mol. The lowest BCUT2D eigenvalue weighted by molar-refractivity contribution is -0.142. The number of carbonyl (C=O) groups is 1. The summed E-state index contributed by atoms with van der Waals surface area (Å²) in [6.45, 7) is 2.34. The van der Waals surface area contributed by atoms with Gasteiger partial charge in [0.1, 0.15) is 18.1 Å². The van der Waals surface area contributed by atoms with Gasteiger partial charge in [-0.05, 0) is 31.0 Å². The van der Waals surface area contributed by atoms with Crippen LogP contribution >= 0.6 is 0 Å². The lowest BCUT2D eigenvalue weighted by Gasteiger charge is -2.23. The van der Waals surface area contributed by atoms with Crippen molar-refractivity contribution < 1.29 is 22.4 Å². The molecule has 0 bridgehead atoms. The van der Waals surface area contributed by atoms with Crippen molar-refractivity contribution in [2.75, 3.05) is 6.54 Å². The van der Waals surface area contributed by atoms with Gasteiger partial charge in [0.2, 0.25) is 5.91 Å². The Hall–Kier alpha value is -2.25. The molecule has 0 N–H and O–H groups in total. The highest BCUT2D eigenvalue weighted by molar-refractivity contribution is 5.76. The van der Waals surface area contributed by atoms with Gasteiger partial charge in [0.15, 0.2) is 5.69 Å². The number of carbonyl (C=O) groups excluding carboxylic acids is 1. The molecule has 130 valence electrons. The van der Waals surface area contributed by atoms with Gasteiger partial charge in [-0.3, -0.25) is 9.48 Å². The maximum atomic E-state index is 12.6. The van der Waals surface area contributed by atoms with Gasteiger partial charge in [0, 0.05) is 19.2 Å². The average Bonchev–Trinajstić information content (AvgIpc) is 3.25. The predicted molar refractivity (Wildman–Crippen MR) is 79.0 cm³/mol. The topological polar surface area (TPSA) is 51.3 Å². The number of aromatic nitrogens is 2. The number of hydrogen-bond donors (Lipinski definition) is 0. The number of hydrogen-bond acceptors (Lipinski definition) is 3. The van der Waals surface area contributed by atoms with E-state index < -0.39 is 11.9 Å². The van der Waals surface area contributed by atoms with Gasteiger partial charge in [-0.1, -0.05) is 6.92 Å². The molecule has 3 heterocycles. The first kappa shape index (κ1) is 16.6. The summed E-state index contributed by atoms with van der Waals surface area (Å²) in [4.78, 5) is 14.1. The lowest BCUT2D eigenvalue weighted by atomic mass is 10.1. The van der Waals surface area contributed by atoms with Gasteiger partial charge in [-0.2, -0.15) is 18.3 Å².